The molecule has 0 aliphatic heterocycles. The maximum absolute atomic E-state index is 11.2. The molecule has 0 saturated carbocycles. The molecule has 17 heavy (non-hydrogen) atoms. The Hall–Kier alpha value is -1.71. The predicted molar refractivity (Wildman–Crippen MR) is 65.1 cm³/mol. The van der Waals surface area contributed by atoms with Crippen molar-refractivity contribution in [2.24, 2.45) is 0 Å². The van der Waals surface area contributed by atoms with Gasteiger partial charge in [-0.15, -0.1) is 0 Å². The second-order valence-corrected chi connectivity index (χ2v) is 3.66. The van der Waals surface area contributed by atoms with E-state index in [2.05, 4.69) is 0 Å². The minimum absolute atomic E-state index is 0.162. The van der Waals surface area contributed by atoms with Crippen LogP contribution in [-0.4, -0.2) is 24.8 Å². The SMILES string of the molecule is CCCc1cc(OC)c(OCC)c(C(=O)O)c1. The lowest BCUT2D eigenvalue weighted by Crippen LogP contribution is -2.06. The van der Waals surface area contributed by atoms with Crippen LogP contribution in [0.4, 0.5) is 0 Å². The smallest absolute Gasteiger partial charge is 0.339 e. The highest BCUT2D eigenvalue weighted by molar-refractivity contribution is 5.92. The summed E-state index contributed by atoms with van der Waals surface area (Å²) < 4.78 is 10.5. The number of hydrogen-bond donors (Lipinski definition) is 1. The number of methoxy groups -OCH3 is 1. The molecule has 1 N–H and O–H groups in total. The molecule has 0 radical (unpaired) electrons. The van der Waals surface area contributed by atoms with E-state index < -0.39 is 5.97 Å². The van der Waals surface area contributed by atoms with Gasteiger partial charge in [0.25, 0.3) is 0 Å². The Morgan fingerprint density at radius 1 is 1.35 bits per heavy atom. The first-order valence-electron chi connectivity index (χ1n) is 5.71. The summed E-state index contributed by atoms with van der Waals surface area (Å²) in [5, 5.41) is 9.17. The van der Waals surface area contributed by atoms with Gasteiger partial charge in [-0.05, 0) is 31.0 Å². The molecule has 0 unspecified atom stereocenters. The lowest BCUT2D eigenvalue weighted by atomic mass is 10.0. The van der Waals surface area contributed by atoms with Crippen LogP contribution >= 0.6 is 0 Å². The quantitative estimate of drug-likeness (QED) is 0.828. The molecule has 4 nitrogen and oxygen atoms in total. The second kappa shape index (κ2) is 6.13. The van der Waals surface area contributed by atoms with E-state index in [1.54, 1.807) is 6.07 Å². The Bertz CT molecular complexity index is 399. The largest absolute Gasteiger partial charge is 0.493 e. The van der Waals surface area contributed by atoms with Gasteiger partial charge in [-0.2, -0.15) is 0 Å². The Morgan fingerprint density at radius 2 is 2.06 bits per heavy atom. The highest BCUT2D eigenvalue weighted by atomic mass is 16.5. The van der Waals surface area contributed by atoms with Crippen LogP contribution in [0.15, 0.2) is 12.1 Å². The molecule has 1 rings (SSSR count). The number of aromatic carboxylic acids is 1. The zero-order valence-corrected chi connectivity index (χ0v) is 10.4. The molecule has 1 aromatic rings. The normalized spacial score (nSPS) is 10.1. The van der Waals surface area contributed by atoms with E-state index in [0.29, 0.717) is 18.1 Å². The summed E-state index contributed by atoms with van der Waals surface area (Å²) in [7, 11) is 1.51. The molecule has 0 aliphatic carbocycles. The molecular formula is C13H18O4. The van der Waals surface area contributed by atoms with Gasteiger partial charge in [0.1, 0.15) is 5.56 Å². The molecule has 0 atom stereocenters. The van der Waals surface area contributed by atoms with Gasteiger partial charge in [0.15, 0.2) is 11.5 Å². The zero-order valence-electron chi connectivity index (χ0n) is 10.4. The fourth-order valence-electron chi connectivity index (χ4n) is 1.70. The van der Waals surface area contributed by atoms with Crippen LogP contribution in [0.1, 0.15) is 36.2 Å². The topological polar surface area (TPSA) is 55.8 Å². The summed E-state index contributed by atoms with van der Waals surface area (Å²) in [4.78, 5) is 11.2. The van der Waals surface area contributed by atoms with E-state index in [1.165, 1.54) is 7.11 Å². The van der Waals surface area contributed by atoms with Crippen LogP contribution in [0.5, 0.6) is 11.5 Å². The lowest BCUT2D eigenvalue weighted by Gasteiger charge is -2.14. The van der Waals surface area contributed by atoms with Crippen LogP contribution in [0.25, 0.3) is 0 Å². The molecule has 0 saturated heterocycles. The van der Waals surface area contributed by atoms with Gasteiger partial charge in [-0.1, -0.05) is 13.3 Å². The number of hydrogen-bond acceptors (Lipinski definition) is 3. The van der Waals surface area contributed by atoms with Gasteiger partial charge < -0.3 is 14.6 Å². The van der Waals surface area contributed by atoms with Gasteiger partial charge in [0.05, 0.1) is 13.7 Å². The molecule has 0 amide bonds. The van der Waals surface area contributed by atoms with Crippen LogP contribution in [0.2, 0.25) is 0 Å². The Labute approximate surface area is 101 Å². The van der Waals surface area contributed by atoms with Crippen molar-refractivity contribution in [3.8, 4) is 11.5 Å². The molecule has 4 heteroatoms. The Balaban J connectivity index is 3.29. The van der Waals surface area contributed by atoms with E-state index >= 15 is 0 Å². The first-order valence-corrected chi connectivity index (χ1v) is 5.71. The molecular weight excluding hydrogens is 220 g/mol. The first-order chi connectivity index (χ1) is 8.13. The fourth-order valence-corrected chi connectivity index (χ4v) is 1.70. The van der Waals surface area contributed by atoms with Gasteiger partial charge in [-0.3, -0.25) is 0 Å². The first kappa shape index (κ1) is 13.4. The molecule has 94 valence electrons. The number of carboxylic acids is 1. The zero-order chi connectivity index (χ0) is 12.8. The van der Waals surface area contributed by atoms with Crippen LogP contribution < -0.4 is 9.47 Å². The molecule has 0 aliphatic rings. The number of carbonyl (C=O) groups is 1. The maximum atomic E-state index is 11.2. The Morgan fingerprint density at radius 3 is 2.53 bits per heavy atom. The van der Waals surface area contributed by atoms with Crippen molar-refractivity contribution < 1.29 is 19.4 Å². The number of carboxylic acid groups (broad SMARTS) is 1. The number of ether oxygens (including phenoxy) is 2. The molecule has 0 aromatic heterocycles. The van der Waals surface area contributed by atoms with Gasteiger partial charge >= 0.3 is 5.97 Å². The highest BCUT2D eigenvalue weighted by Gasteiger charge is 2.17. The van der Waals surface area contributed by atoms with Crippen molar-refractivity contribution in [2.75, 3.05) is 13.7 Å². The lowest BCUT2D eigenvalue weighted by molar-refractivity contribution is 0.0691. The average molecular weight is 238 g/mol. The van der Waals surface area contributed by atoms with E-state index in [-0.39, 0.29) is 5.56 Å². The summed E-state index contributed by atoms with van der Waals surface area (Å²) in [6, 6.07) is 3.49. The van der Waals surface area contributed by atoms with Crippen LogP contribution in [0, 0.1) is 0 Å². The van der Waals surface area contributed by atoms with E-state index in [4.69, 9.17) is 14.6 Å². The average Bonchev–Trinajstić information content (AvgIpc) is 2.30. The second-order valence-electron chi connectivity index (χ2n) is 3.66. The summed E-state index contributed by atoms with van der Waals surface area (Å²) in [6.45, 7) is 4.26. The van der Waals surface area contributed by atoms with Crippen molar-refractivity contribution in [1.82, 2.24) is 0 Å². The van der Waals surface area contributed by atoms with Crippen molar-refractivity contribution >= 4 is 5.97 Å². The summed E-state index contributed by atoms with van der Waals surface area (Å²) in [5.74, 6) is -0.206. The van der Waals surface area contributed by atoms with Crippen molar-refractivity contribution in [1.29, 1.82) is 0 Å². The predicted octanol–water partition coefficient (Wildman–Crippen LogP) is 2.74. The third kappa shape index (κ3) is 3.12. The third-order valence-electron chi connectivity index (χ3n) is 2.39. The maximum Gasteiger partial charge on any atom is 0.339 e. The monoisotopic (exact) mass is 238 g/mol. The van der Waals surface area contributed by atoms with E-state index in [1.807, 2.05) is 19.9 Å². The fraction of sp³-hybridized carbons (Fsp3) is 0.462. The third-order valence-corrected chi connectivity index (χ3v) is 2.39. The van der Waals surface area contributed by atoms with Crippen molar-refractivity contribution in [2.45, 2.75) is 26.7 Å². The van der Waals surface area contributed by atoms with Crippen LogP contribution in [-0.2, 0) is 6.42 Å². The highest BCUT2D eigenvalue weighted by Crippen LogP contribution is 2.33. The summed E-state index contributed by atoms with van der Waals surface area (Å²) in [5.41, 5.74) is 1.11. The summed E-state index contributed by atoms with van der Waals surface area (Å²) in [6.07, 6.45) is 1.78. The minimum atomic E-state index is -0.996. The van der Waals surface area contributed by atoms with Gasteiger partial charge in [0.2, 0.25) is 0 Å². The standard InChI is InChI=1S/C13H18O4/c1-4-6-9-7-10(13(14)15)12(17-5-2)11(8-9)16-3/h7-8H,4-6H2,1-3H3,(H,14,15). The van der Waals surface area contributed by atoms with Crippen LogP contribution in [0.3, 0.4) is 0 Å². The van der Waals surface area contributed by atoms with Gasteiger partial charge in [-0.25, -0.2) is 4.79 Å². The number of benzene rings is 1. The molecule has 1 aromatic carbocycles. The molecule has 0 bridgehead atoms. The molecule has 0 heterocycles. The van der Waals surface area contributed by atoms with Gasteiger partial charge in [0, 0.05) is 0 Å². The Kier molecular flexibility index (Phi) is 4.82. The minimum Gasteiger partial charge on any atom is -0.493 e. The van der Waals surface area contributed by atoms with Crippen molar-refractivity contribution in [3.63, 3.8) is 0 Å². The van der Waals surface area contributed by atoms with Crippen molar-refractivity contribution in [3.05, 3.63) is 23.3 Å². The number of aryl methyl sites for hydroxylation is 1. The summed E-state index contributed by atoms with van der Waals surface area (Å²) >= 11 is 0. The van der Waals surface area contributed by atoms with E-state index in [9.17, 15) is 4.79 Å². The van der Waals surface area contributed by atoms with E-state index in [0.717, 1.165) is 18.4 Å². The molecule has 0 fully saturated rings. The number of rotatable bonds is 6. The molecule has 0 spiro atoms.